The van der Waals surface area contributed by atoms with Crippen LogP contribution in [0.15, 0.2) is 36.0 Å². The van der Waals surface area contributed by atoms with Gasteiger partial charge in [0.05, 0.1) is 0 Å². The van der Waals surface area contributed by atoms with Gasteiger partial charge in [-0.05, 0) is 12.1 Å². The number of carbonyl (C=O) groups is 3. The van der Waals surface area contributed by atoms with E-state index in [1.54, 1.807) is 6.20 Å². The van der Waals surface area contributed by atoms with Crippen LogP contribution in [0.3, 0.4) is 0 Å². The Morgan fingerprint density at radius 3 is 2.37 bits per heavy atom. The molecule has 0 radical (unpaired) electrons. The summed E-state index contributed by atoms with van der Waals surface area (Å²) >= 11 is 0. The van der Waals surface area contributed by atoms with Gasteiger partial charge < -0.3 is 4.98 Å². The fourth-order valence-electron chi connectivity index (χ4n) is 1.98. The van der Waals surface area contributed by atoms with E-state index in [0.29, 0.717) is 5.56 Å². The highest BCUT2D eigenvalue weighted by Gasteiger charge is 2.27. The standard InChI is InChI=1S/C13H9N3O3/c17-11-9(12(18)16-13(19)15-11)5-7-6-14-10-4-2-1-3-8(7)10/h1-6,14H,(H2,15,16,17,18,19). The first-order chi connectivity index (χ1) is 9.15. The summed E-state index contributed by atoms with van der Waals surface area (Å²) < 4.78 is 0. The first-order valence-electron chi connectivity index (χ1n) is 5.59. The van der Waals surface area contributed by atoms with Gasteiger partial charge in [0.15, 0.2) is 0 Å². The highest BCUT2D eigenvalue weighted by Crippen LogP contribution is 2.20. The third kappa shape index (κ3) is 1.89. The molecule has 3 rings (SSSR count). The highest BCUT2D eigenvalue weighted by atomic mass is 16.2. The van der Waals surface area contributed by atoms with Crippen LogP contribution in [0.2, 0.25) is 0 Å². The molecule has 1 saturated heterocycles. The minimum atomic E-state index is -0.800. The molecule has 0 bridgehead atoms. The van der Waals surface area contributed by atoms with Gasteiger partial charge in [-0.3, -0.25) is 20.2 Å². The van der Waals surface area contributed by atoms with Gasteiger partial charge in [0, 0.05) is 22.7 Å². The van der Waals surface area contributed by atoms with Gasteiger partial charge in [-0.1, -0.05) is 18.2 Å². The van der Waals surface area contributed by atoms with Crippen molar-refractivity contribution in [2.45, 2.75) is 0 Å². The number of rotatable bonds is 1. The van der Waals surface area contributed by atoms with E-state index in [4.69, 9.17) is 0 Å². The summed E-state index contributed by atoms with van der Waals surface area (Å²) in [5.41, 5.74) is 1.52. The molecule has 0 aliphatic carbocycles. The molecule has 0 atom stereocenters. The van der Waals surface area contributed by atoms with Crippen molar-refractivity contribution in [3.05, 3.63) is 41.6 Å². The summed E-state index contributed by atoms with van der Waals surface area (Å²) in [5, 5.41) is 4.96. The minimum absolute atomic E-state index is 0.0932. The van der Waals surface area contributed by atoms with Crippen molar-refractivity contribution in [2.24, 2.45) is 0 Å². The Hall–Kier alpha value is -2.89. The van der Waals surface area contributed by atoms with Gasteiger partial charge in [-0.15, -0.1) is 0 Å². The second-order valence-electron chi connectivity index (χ2n) is 4.08. The lowest BCUT2D eigenvalue weighted by Crippen LogP contribution is -2.51. The van der Waals surface area contributed by atoms with Gasteiger partial charge in [-0.25, -0.2) is 4.79 Å². The van der Waals surface area contributed by atoms with Crippen LogP contribution in [0.4, 0.5) is 4.79 Å². The van der Waals surface area contributed by atoms with Crippen LogP contribution in [0.25, 0.3) is 17.0 Å². The van der Waals surface area contributed by atoms with Crippen LogP contribution >= 0.6 is 0 Å². The molecule has 4 amide bonds. The molecular weight excluding hydrogens is 246 g/mol. The molecule has 19 heavy (non-hydrogen) atoms. The van der Waals surface area contributed by atoms with Crippen molar-refractivity contribution in [3.63, 3.8) is 0 Å². The van der Waals surface area contributed by atoms with E-state index in [-0.39, 0.29) is 5.57 Å². The van der Waals surface area contributed by atoms with Crippen LogP contribution in [-0.4, -0.2) is 22.8 Å². The molecule has 1 fully saturated rings. The first kappa shape index (κ1) is 11.2. The number of H-pyrrole nitrogens is 1. The number of barbiturate groups is 1. The molecule has 1 aromatic carbocycles. The van der Waals surface area contributed by atoms with E-state index in [1.165, 1.54) is 6.08 Å². The molecule has 1 aliphatic rings. The SMILES string of the molecule is O=C1NC(=O)C(=Cc2c[nH]c3ccccc23)C(=O)N1. The molecule has 3 N–H and O–H groups in total. The van der Waals surface area contributed by atoms with E-state index in [2.05, 4.69) is 4.98 Å². The summed E-state index contributed by atoms with van der Waals surface area (Å²) in [7, 11) is 0. The van der Waals surface area contributed by atoms with Gasteiger partial charge in [0.1, 0.15) is 5.57 Å². The Morgan fingerprint density at radius 2 is 1.63 bits per heavy atom. The lowest BCUT2D eigenvalue weighted by atomic mass is 10.1. The average Bonchev–Trinajstić information content (AvgIpc) is 2.77. The van der Waals surface area contributed by atoms with Crippen molar-refractivity contribution in [3.8, 4) is 0 Å². The fraction of sp³-hybridized carbons (Fsp3) is 0. The van der Waals surface area contributed by atoms with Crippen molar-refractivity contribution in [1.29, 1.82) is 0 Å². The molecule has 0 unspecified atom stereocenters. The Labute approximate surface area is 107 Å². The van der Waals surface area contributed by atoms with E-state index in [1.807, 2.05) is 34.9 Å². The zero-order valence-electron chi connectivity index (χ0n) is 9.69. The third-order valence-electron chi connectivity index (χ3n) is 2.86. The van der Waals surface area contributed by atoms with Gasteiger partial charge >= 0.3 is 6.03 Å². The lowest BCUT2D eigenvalue weighted by Gasteiger charge is -2.13. The number of benzene rings is 1. The predicted molar refractivity (Wildman–Crippen MR) is 68.0 cm³/mol. The van der Waals surface area contributed by atoms with Crippen LogP contribution in [-0.2, 0) is 9.59 Å². The van der Waals surface area contributed by atoms with Gasteiger partial charge in [0.2, 0.25) is 0 Å². The number of nitrogens with one attached hydrogen (secondary N) is 3. The summed E-state index contributed by atoms with van der Waals surface area (Å²) in [5.74, 6) is -1.39. The van der Waals surface area contributed by atoms with Crippen LogP contribution in [0.1, 0.15) is 5.56 Å². The quantitative estimate of drug-likeness (QED) is 0.522. The topological polar surface area (TPSA) is 91.1 Å². The van der Waals surface area contributed by atoms with Crippen molar-refractivity contribution < 1.29 is 14.4 Å². The average molecular weight is 255 g/mol. The number of fused-ring (bicyclic) bond motifs is 1. The lowest BCUT2D eigenvalue weighted by molar-refractivity contribution is -0.123. The van der Waals surface area contributed by atoms with E-state index >= 15 is 0 Å². The number of hydrogen-bond acceptors (Lipinski definition) is 3. The number of para-hydroxylation sites is 1. The minimum Gasteiger partial charge on any atom is -0.361 e. The van der Waals surface area contributed by atoms with Crippen molar-refractivity contribution in [2.75, 3.05) is 0 Å². The molecule has 0 spiro atoms. The van der Waals surface area contributed by atoms with Crippen molar-refractivity contribution >= 4 is 34.8 Å². The van der Waals surface area contributed by atoms with E-state index in [0.717, 1.165) is 10.9 Å². The molecule has 1 aromatic heterocycles. The third-order valence-corrected chi connectivity index (χ3v) is 2.86. The maximum absolute atomic E-state index is 11.6. The number of imide groups is 2. The molecule has 6 nitrogen and oxygen atoms in total. The zero-order chi connectivity index (χ0) is 13.4. The van der Waals surface area contributed by atoms with E-state index in [9.17, 15) is 14.4 Å². The number of hydrogen-bond donors (Lipinski definition) is 3. The van der Waals surface area contributed by atoms with Crippen LogP contribution < -0.4 is 10.6 Å². The van der Waals surface area contributed by atoms with Crippen LogP contribution in [0, 0.1) is 0 Å². The zero-order valence-corrected chi connectivity index (χ0v) is 9.69. The maximum Gasteiger partial charge on any atom is 0.328 e. The number of urea groups is 1. The molecule has 6 heteroatoms. The highest BCUT2D eigenvalue weighted by molar-refractivity contribution is 6.31. The largest absolute Gasteiger partial charge is 0.361 e. The van der Waals surface area contributed by atoms with E-state index < -0.39 is 17.8 Å². The predicted octanol–water partition coefficient (Wildman–Crippen LogP) is 0.917. The molecule has 94 valence electrons. The summed E-state index contributed by atoms with van der Waals surface area (Å²) in [6.45, 7) is 0. The smallest absolute Gasteiger partial charge is 0.328 e. The Balaban J connectivity index is 2.08. The Morgan fingerprint density at radius 1 is 0.947 bits per heavy atom. The Kier molecular flexibility index (Phi) is 2.42. The van der Waals surface area contributed by atoms with Gasteiger partial charge in [0.25, 0.3) is 11.8 Å². The second kappa shape index (κ2) is 4.09. The van der Waals surface area contributed by atoms with Gasteiger partial charge in [-0.2, -0.15) is 0 Å². The number of aromatic nitrogens is 1. The molecule has 0 saturated carbocycles. The summed E-state index contributed by atoms with van der Waals surface area (Å²) in [4.78, 5) is 37.2. The normalized spacial score (nSPS) is 15.4. The Bertz CT molecular complexity index is 720. The first-order valence-corrected chi connectivity index (χ1v) is 5.59. The van der Waals surface area contributed by atoms with Crippen LogP contribution in [0.5, 0.6) is 0 Å². The molecule has 2 heterocycles. The molecule has 2 aromatic rings. The second-order valence-corrected chi connectivity index (χ2v) is 4.08. The monoisotopic (exact) mass is 255 g/mol. The number of amides is 4. The van der Waals surface area contributed by atoms with Crippen molar-refractivity contribution in [1.82, 2.24) is 15.6 Å². The summed E-state index contributed by atoms with van der Waals surface area (Å²) in [6, 6.07) is 6.72. The fourth-order valence-corrected chi connectivity index (χ4v) is 1.98. The number of aromatic amines is 1. The maximum atomic E-state index is 11.6. The number of carbonyl (C=O) groups excluding carboxylic acids is 3. The molecular formula is C13H9N3O3. The summed E-state index contributed by atoms with van der Waals surface area (Å²) in [6.07, 6.45) is 3.16. The molecule has 1 aliphatic heterocycles.